The van der Waals surface area contributed by atoms with Gasteiger partial charge in [0.05, 0.1) is 18.2 Å². The van der Waals surface area contributed by atoms with Gasteiger partial charge in [0, 0.05) is 10.9 Å². The van der Waals surface area contributed by atoms with Crippen LogP contribution >= 0.6 is 11.3 Å². The molecule has 0 spiro atoms. The summed E-state index contributed by atoms with van der Waals surface area (Å²) in [5.41, 5.74) is 3.99. The van der Waals surface area contributed by atoms with Gasteiger partial charge in [-0.1, -0.05) is 36.4 Å². The number of hydrogen-bond acceptors (Lipinski definition) is 3. The van der Waals surface area contributed by atoms with Gasteiger partial charge in [0.25, 0.3) is 0 Å². The Labute approximate surface area is 149 Å². The lowest BCUT2D eigenvalue weighted by Crippen LogP contribution is -2.28. The van der Waals surface area contributed by atoms with Gasteiger partial charge in [-0.3, -0.25) is 4.79 Å². The zero-order valence-electron chi connectivity index (χ0n) is 13.5. The third-order valence-corrected chi connectivity index (χ3v) is 5.37. The Morgan fingerprint density at radius 1 is 1.24 bits per heavy atom. The quantitative estimate of drug-likeness (QED) is 0.761. The van der Waals surface area contributed by atoms with Gasteiger partial charge in [-0.2, -0.15) is 0 Å². The van der Waals surface area contributed by atoms with Crippen LogP contribution in [0.4, 0.5) is 4.39 Å². The van der Waals surface area contributed by atoms with E-state index in [1.165, 1.54) is 34.6 Å². The number of thiazole rings is 1. The van der Waals surface area contributed by atoms with Crippen molar-refractivity contribution in [3.05, 3.63) is 76.5 Å². The largest absolute Gasteiger partial charge is 0.349 e. The van der Waals surface area contributed by atoms with Crippen LogP contribution in [-0.2, 0) is 17.6 Å². The lowest BCUT2D eigenvalue weighted by Gasteiger charge is -2.13. The summed E-state index contributed by atoms with van der Waals surface area (Å²) in [6.45, 7) is 0. The lowest BCUT2D eigenvalue weighted by molar-refractivity contribution is -0.121. The van der Waals surface area contributed by atoms with Gasteiger partial charge in [-0.05, 0) is 36.1 Å². The highest BCUT2D eigenvalue weighted by atomic mass is 32.1. The minimum atomic E-state index is -0.285. The Morgan fingerprint density at radius 2 is 2.12 bits per heavy atom. The van der Waals surface area contributed by atoms with Crippen LogP contribution in [0.15, 0.2) is 53.9 Å². The number of rotatable bonds is 4. The predicted octanol–water partition coefficient (Wildman–Crippen LogP) is 4.30. The summed E-state index contributed by atoms with van der Waals surface area (Å²) in [6.07, 6.45) is 2.18. The van der Waals surface area contributed by atoms with E-state index in [4.69, 9.17) is 0 Å². The molecular formula is C20H17FN2OS. The highest BCUT2D eigenvalue weighted by molar-refractivity contribution is 7.13. The second-order valence-electron chi connectivity index (χ2n) is 6.19. The minimum absolute atomic E-state index is 0.0298. The Bertz CT molecular complexity index is 921. The minimum Gasteiger partial charge on any atom is -0.349 e. The molecule has 3 aromatic rings. The topological polar surface area (TPSA) is 42.0 Å². The van der Waals surface area contributed by atoms with Crippen LogP contribution in [0.3, 0.4) is 0 Å². The monoisotopic (exact) mass is 352 g/mol. The van der Waals surface area contributed by atoms with Crippen LogP contribution in [0.1, 0.15) is 29.3 Å². The summed E-state index contributed by atoms with van der Waals surface area (Å²) >= 11 is 1.43. The number of carbonyl (C=O) groups excluding carboxylic acids is 1. The molecule has 0 fully saturated rings. The first-order valence-electron chi connectivity index (χ1n) is 8.26. The first kappa shape index (κ1) is 16.0. The van der Waals surface area contributed by atoms with Crippen molar-refractivity contribution in [1.82, 2.24) is 10.3 Å². The van der Waals surface area contributed by atoms with Crippen molar-refractivity contribution >= 4 is 17.2 Å². The molecule has 1 amide bonds. The van der Waals surface area contributed by atoms with E-state index in [2.05, 4.69) is 22.4 Å². The van der Waals surface area contributed by atoms with E-state index in [1.807, 2.05) is 23.6 Å². The third-order valence-electron chi connectivity index (χ3n) is 4.43. The smallest absolute Gasteiger partial charge is 0.226 e. The zero-order valence-corrected chi connectivity index (χ0v) is 14.4. The second kappa shape index (κ2) is 6.76. The van der Waals surface area contributed by atoms with Crippen LogP contribution in [0, 0.1) is 5.82 Å². The van der Waals surface area contributed by atoms with Crippen LogP contribution in [0.2, 0.25) is 0 Å². The number of halogens is 1. The molecule has 2 aromatic carbocycles. The molecule has 126 valence electrons. The molecule has 0 saturated heterocycles. The first-order chi connectivity index (χ1) is 12.2. The van der Waals surface area contributed by atoms with Crippen LogP contribution in [0.5, 0.6) is 0 Å². The van der Waals surface area contributed by atoms with E-state index < -0.39 is 0 Å². The summed E-state index contributed by atoms with van der Waals surface area (Å²) < 4.78 is 13.3. The molecule has 4 rings (SSSR count). The maximum absolute atomic E-state index is 13.3. The first-order valence-corrected chi connectivity index (χ1v) is 9.14. The Hall–Kier alpha value is -2.53. The fraction of sp³-hybridized carbons (Fsp3) is 0.200. The van der Waals surface area contributed by atoms with Crippen molar-refractivity contribution in [1.29, 1.82) is 0 Å². The van der Waals surface area contributed by atoms with Crippen molar-refractivity contribution in [2.24, 2.45) is 0 Å². The molecule has 0 bridgehead atoms. The number of carbonyl (C=O) groups is 1. The van der Waals surface area contributed by atoms with Crippen molar-refractivity contribution < 1.29 is 9.18 Å². The molecule has 1 aliphatic rings. The molecule has 5 heteroatoms. The molecular weight excluding hydrogens is 335 g/mol. The summed E-state index contributed by atoms with van der Waals surface area (Å²) in [5, 5.41) is 5.70. The van der Waals surface area contributed by atoms with Gasteiger partial charge in [0.2, 0.25) is 5.91 Å². The van der Waals surface area contributed by atoms with Crippen molar-refractivity contribution in [2.45, 2.75) is 25.3 Å². The maximum Gasteiger partial charge on any atom is 0.226 e. The molecule has 1 aromatic heterocycles. The highest BCUT2D eigenvalue weighted by Crippen LogP contribution is 2.31. The predicted molar refractivity (Wildman–Crippen MR) is 96.9 cm³/mol. The van der Waals surface area contributed by atoms with E-state index in [1.54, 1.807) is 6.07 Å². The SMILES string of the molecule is O=C(Cc1csc(-c2cccc(F)c2)n1)N[C@@H]1CCc2ccccc21. The van der Waals surface area contributed by atoms with Gasteiger partial charge in [0.15, 0.2) is 0 Å². The van der Waals surface area contributed by atoms with Crippen molar-refractivity contribution in [3.8, 4) is 10.6 Å². The van der Waals surface area contributed by atoms with Gasteiger partial charge in [-0.25, -0.2) is 9.37 Å². The molecule has 1 aliphatic carbocycles. The number of hydrogen-bond donors (Lipinski definition) is 1. The number of benzene rings is 2. The standard InChI is InChI=1S/C20H17FN2OS/c21-15-6-3-5-14(10-15)20-22-16(12-25-20)11-19(24)23-18-9-8-13-4-1-2-7-17(13)18/h1-7,10,12,18H,8-9,11H2,(H,23,24)/t18-/m1/s1. The number of nitrogens with zero attached hydrogens (tertiary/aromatic N) is 1. The van der Waals surface area contributed by atoms with Crippen molar-refractivity contribution in [3.63, 3.8) is 0 Å². The fourth-order valence-electron chi connectivity index (χ4n) is 3.26. The normalized spacial score (nSPS) is 15.8. The average Bonchev–Trinajstić information content (AvgIpc) is 3.23. The van der Waals surface area contributed by atoms with Crippen LogP contribution < -0.4 is 5.32 Å². The van der Waals surface area contributed by atoms with Gasteiger partial charge < -0.3 is 5.32 Å². The van der Waals surface area contributed by atoms with Gasteiger partial charge in [-0.15, -0.1) is 11.3 Å². The number of nitrogens with one attached hydrogen (secondary N) is 1. The summed E-state index contributed by atoms with van der Waals surface area (Å²) in [4.78, 5) is 16.8. The molecule has 1 atom stereocenters. The highest BCUT2D eigenvalue weighted by Gasteiger charge is 2.23. The Balaban J connectivity index is 1.42. The lowest BCUT2D eigenvalue weighted by atomic mass is 10.1. The van der Waals surface area contributed by atoms with Crippen LogP contribution in [-0.4, -0.2) is 10.9 Å². The number of fused-ring (bicyclic) bond motifs is 1. The van der Waals surface area contributed by atoms with E-state index >= 15 is 0 Å². The molecule has 25 heavy (non-hydrogen) atoms. The fourth-order valence-corrected chi connectivity index (χ4v) is 4.08. The molecule has 0 aliphatic heterocycles. The van der Waals surface area contributed by atoms with Gasteiger partial charge >= 0.3 is 0 Å². The summed E-state index contributed by atoms with van der Waals surface area (Å²) in [6, 6.07) is 14.7. The van der Waals surface area contributed by atoms with E-state index in [9.17, 15) is 9.18 Å². The number of aryl methyl sites for hydroxylation is 1. The summed E-state index contributed by atoms with van der Waals surface area (Å²) in [7, 11) is 0. The number of amides is 1. The molecule has 1 N–H and O–H groups in total. The molecule has 0 radical (unpaired) electrons. The molecule has 1 heterocycles. The van der Waals surface area contributed by atoms with E-state index in [-0.39, 0.29) is 24.2 Å². The molecule has 0 unspecified atom stereocenters. The van der Waals surface area contributed by atoms with E-state index in [0.717, 1.165) is 23.4 Å². The van der Waals surface area contributed by atoms with E-state index in [0.29, 0.717) is 5.69 Å². The Morgan fingerprint density at radius 3 is 3.00 bits per heavy atom. The maximum atomic E-state index is 13.3. The molecule has 0 saturated carbocycles. The van der Waals surface area contributed by atoms with Crippen molar-refractivity contribution in [2.75, 3.05) is 0 Å². The summed E-state index contributed by atoms with van der Waals surface area (Å²) in [5.74, 6) is -0.315. The third kappa shape index (κ3) is 3.46. The zero-order chi connectivity index (χ0) is 17.2. The van der Waals surface area contributed by atoms with Gasteiger partial charge in [0.1, 0.15) is 10.8 Å². The van der Waals surface area contributed by atoms with Crippen LogP contribution in [0.25, 0.3) is 10.6 Å². The number of aromatic nitrogens is 1. The second-order valence-corrected chi connectivity index (χ2v) is 7.05. The molecule has 3 nitrogen and oxygen atoms in total. The average molecular weight is 352 g/mol. The Kier molecular flexibility index (Phi) is 4.32.